The molecule has 0 bridgehead atoms. The molecule has 0 aromatic heterocycles. The molecular weight excluding hydrogens is 496 g/mol. The highest BCUT2D eigenvalue weighted by molar-refractivity contribution is 5.76. The quantitative estimate of drug-likeness (QED) is 0.155. The third-order valence-electron chi connectivity index (χ3n) is 6.37. The number of hydrogen-bond acceptors (Lipinski definition) is 4. The molecule has 0 aliphatic heterocycles. The molecule has 40 heavy (non-hydrogen) atoms. The van der Waals surface area contributed by atoms with E-state index in [0.717, 1.165) is 52.6 Å². The molecule has 4 aromatic rings. The Labute approximate surface area is 236 Å². The van der Waals surface area contributed by atoms with Gasteiger partial charge in [0.15, 0.2) is 0 Å². The van der Waals surface area contributed by atoms with Crippen LogP contribution in [0.3, 0.4) is 0 Å². The summed E-state index contributed by atoms with van der Waals surface area (Å²) in [6.07, 6.45) is 9.98. The van der Waals surface area contributed by atoms with Crippen LogP contribution in [0.25, 0.3) is 22.3 Å². The van der Waals surface area contributed by atoms with Crippen molar-refractivity contribution in [3.05, 3.63) is 146 Å². The molecule has 0 aliphatic rings. The predicted molar refractivity (Wildman–Crippen MR) is 166 cm³/mol. The maximum absolute atomic E-state index is 10.0. The Morgan fingerprint density at radius 3 is 1.23 bits per heavy atom. The lowest BCUT2D eigenvalue weighted by Crippen LogP contribution is -1.88. The molecule has 0 radical (unpaired) electrons. The fourth-order valence-electron chi connectivity index (χ4n) is 4.37. The standard InChI is InChI=1S/2C18H18O2/c1-3-5-13-7-9-18(20)16(11-13)14-8-10-17(19)15(12-14)6-4-2;1-3-5-13-7-9-17(19)15(11-13)16-12-14(6-4-2)8-10-18(16)20/h2*3-4,7-12,19-20H,1-2,5-6H2. The Morgan fingerprint density at radius 2 is 0.800 bits per heavy atom. The van der Waals surface area contributed by atoms with Gasteiger partial charge in [-0.1, -0.05) is 48.6 Å². The van der Waals surface area contributed by atoms with E-state index in [1.165, 1.54) is 0 Å². The third kappa shape index (κ3) is 7.55. The number of phenolic OH excluding ortho intramolecular Hbond substituents is 4. The van der Waals surface area contributed by atoms with Crippen LogP contribution in [0.5, 0.6) is 23.0 Å². The van der Waals surface area contributed by atoms with Crippen LogP contribution in [0.1, 0.15) is 22.3 Å². The number of rotatable bonds is 10. The molecule has 0 saturated heterocycles. The van der Waals surface area contributed by atoms with Crippen molar-refractivity contribution in [3.8, 4) is 45.3 Å². The number of hydrogen-bond donors (Lipinski definition) is 4. The second-order valence-corrected chi connectivity index (χ2v) is 9.37. The Bertz CT molecular complexity index is 1460. The first-order valence-electron chi connectivity index (χ1n) is 13.0. The predicted octanol–water partition coefficient (Wildman–Crippen LogP) is 8.44. The minimum atomic E-state index is 0.156. The summed E-state index contributed by atoms with van der Waals surface area (Å²) in [4.78, 5) is 0. The van der Waals surface area contributed by atoms with Crippen LogP contribution in [0.4, 0.5) is 0 Å². The number of allylic oxidation sites excluding steroid dienone is 4. The van der Waals surface area contributed by atoms with Gasteiger partial charge in [-0.3, -0.25) is 0 Å². The van der Waals surface area contributed by atoms with Gasteiger partial charge in [0.1, 0.15) is 23.0 Å². The van der Waals surface area contributed by atoms with E-state index in [0.29, 0.717) is 17.5 Å². The lowest BCUT2D eigenvalue weighted by molar-refractivity contribution is 0.469. The minimum absolute atomic E-state index is 0.156. The molecule has 0 aliphatic carbocycles. The van der Waals surface area contributed by atoms with Crippen molar-refractivity contribution in [1.82, 2.24) is 0 Å². The lowest BCUT2D eigenvalue weighted by Gasteiger charge is -2.10. The van der Waals surface area contributed by atoms with E-state index in [1.807, 2.05) is 60.7 Å². The van der Waals surface area contributed by atoms with Gasteiger partial charge in [0.25, 0.3) is 0 Å². The third-order valence-corrected chi connectivity index (χ3v) is 6.37. The van der Waals surface area contributed by atoms with Crippen LogP contribution in [-0.4, -0.2) is 20.4 Å². The fraction of sp³-hybridized carbons (Fsp3) is 0.111. The molecule has 0 heterocycles. The summed E-state index contributed by atoms with van der Waals surface area (Å²) in [6, 6.07) is 21.6. The number of aromatic hydroxyl groups is 4. The molecule has 0 unspecified atom stereocenters. The van der Waals surface area contributed by atoms with Crippen molar-refractivity contribution in [2.75, 3.05) is 0 Å². The van der Waals surface area contributed by atoms with Crippen LogP contribution >= 0.6 is 0 Å². The molecule has 4 rings (SSSR count). The molecule has 0 amide bonds. The molecule has 4 N–H and O–H groups in total. The van der Waals surface area contributed by atoms with Gasteiger partial charge in [0.05, 0.1) is 0 Å². The molecular formula is C36H36O4. The van der Waals surface area contributed by atoms with Gasteiger partial charge < -0.3 is 20.4 Å². The zero-order chi connectivity index (χ0) is 29.1. The number of benzene rings is 4. The average Bonchev–Trinajstić information content (AvgIpc) is 2.94. The summed E-state index contributed by atoms with van der Waals surface area (Å²) < 4.78 is 0. The van der Waals surface area contributed by atoms with Gasteiger partial charge in [-0.25, -0.2) is 0 Å². The Balaban J connectivity index is 0.000000220. The Hall–Kier alpha value is -4.96. The highest BCUT2D eigenvalue weighted by atomic mass is 16.3. The van der Waals surface area contributed by atoms with E-state index in [4.69, 9.17) is 0 Å². The summed E-state index contributed by atoms with van der Waals surface area (Å²) in [6.45, 7) is 14.8. The van der Waals surface area contributed by atoms with Gasteiger partial charge in [-0.15, -0.1) is 26.3 Å². The van der Waals surface area contributed by atoms with E-state index in [2.05, 4.69) is 26.3 Å². The van der Waals surface area contributed by atoms with Crippen molar-refractivity contribution < 1.29 is 20.4 Å². The highest BCUT2D eigenvalue weighted by Crippen LogP contribution is 2.37. The van der Waals surface area contributed by atoms with Crippen LogP contribution in [0.2, 0.25) is 0 Å². The lowest BCUT2D eigenvalue weighted by atomic mass is 9.97. The SMILES string of the molecule is C=CCc1ccc(O)c(-c2cc(CC=C)ccc2O)c1.C=CCc1ccc(O)c(-c2ccc(O)c(CC=C)c2)c1. The smallest absolute Gasteiger partial charge is 0.123 e. The monoisotopic (exact) mass is 532 g/mol. The highest BCUT2D eigenvalue weighted by Gasteiger charge is 2.11. The van der Waals surface area contributed by atoms with Crippen LogP contribution < -0.4 is 0 Å². The van der Waals surface area contributed by atoms with Crippen molar-refractivity contribution in [2.24, 2.45) is 0 Å². The first kappa shape index (κ1) is 29.6. The average molecular weight is 533 g/mol. The van der Waals surface area contributed by atoms with Gasteiger partial charge in [0.2, 0.25) is 0 Å². The van der Waals surface area contributed by atoms with E-state index < -0.39 is 0 Å². The summed E-state index contributed by atoms with van der Waals surface area (Å²) in [5, 5.41) is 39.9. The molecule has 0 atom stereocenters. The molecule has 4 heteroatoms. The van der Waals surface area contributed by atoms with E-state index in [-0.39, 0.29) is 23.0 Å². The Morgan fingerprint density at radius 1 is 0.425 bits per heavy atom. The maximum Gasteiger partial charge on any atom is 0.123 e. The second-order valence-electron chi connectivity index (χ2n) is 9.37. The van der Waals surface area contributed by atoms with Crippen molar-refractivity contribution in [1.29, 1.82) is 0 Å². The van der Waals surface area contributed by atoms with Crippen molar-refractivity contribution >= 4 is 0 Å². The second kappa shape index (κ2) is 14.3. The first-order chi connectivity index (χ1) is 19.3. The van der Waals surface area contributed by atoms with Gasteiger partial charge in [0, 0.05) is 16.7 Å². The topological polar surface area (TPSA) is 80.9 Å². The summed E-state index contributed by atoms with van der Waals surface area (Å²) in [5.74, 6) is 0.788. The zero-order valence-electron chi connectivity index (χ0n) is 22.7. The van der Waals surface area contributed by atoms with Crippen LogP contribution in [0.15, 0.2) is 123 Å². The summed E-state index contributed by atoms with van der Waals surface area (Å²) >= 11 is 0. The molecule has 204 valence electrons. The van der Waals surface area contributed by atoms with Gasteiger partial charge in [-0.05, 0) is 102 Å². The summed E-state index contributed by atoms with van der Waals surface area (Å²) in [5.41, 5.74) is 6.87. The fourth-order valence-corrected chi connectivity index (χ4v) is 4.37. The van der Waals surface area contributed by atoms with Crippen LogP contribution in [-0.2, 0) is 25.7 Å². The molecule has 0 saturated carbocycles. The van der Waals surface area contributed by atoms with Gasteiger partial charge in [-0.2, -0.15) is 0 Å². The van der Waals surface area contributed by atoms with E-state index in [1.54, 1.807) is 36.4 Å². The van der Waals surface area contributed by atoms with Crippen molar-refractivity contribution in [2.45, 2.75) is 25.7 Å². The van der Waals surface area contributed by atoms with Crippen molar-refractivity contribution in [3.63, 3.8) is 0 Å². The normalized spacial score (nSPS) is 10.2. The molecule has 4 aromatic carbocycles. The maximum atomic E-state index is 10.0. The van der Waals surface area contributed by atoms with E-state index >= 15 is 0 Å². The molecule has 4 nitrogen and oxygen atoms in total. The van der Waals surface area contributed by atoms with E-state index in [9.17, 15) is 20.4 Å². The molecule has 0 fully saturated rings. The van der Waals surface area contributed by atoms with Gasteiger partial charge >= 0.3 is 0 Å². The molecule has 0 spiro atoms. The Kier molecular flexibility index (Phi) is 10.6. The zero-order valence-corrected chi connectivity index (χ0v) is 22.7. The first-order valence-corrected chi connectivity index (χ1v) is 13.0. The summed E-state index contributed by atoms with van der Waals surface area (Å²) in [7, 11) is 0. The number of phenols is 4. The largest absolute Gasteiger partial charge is 0.508 e. The minimum Gasteiger partial charge on any atom is -0.508 e. The van der Waals surface area contributed by atoms with Crippen LogP contribution in [0, 0.1) is 0 Å².